The van der Waals surface area contributed by atoms with E-state index in [9.17, 15) is 33.0 Å². The second-order valence-corrected chi connectivity index (χ2v) is 11.7. The number of rotatable bonds is 7. The number of carboxylic acid groups (broad SMARTS) is 1. The zero-order valence-corrected chi connectivity index (χ0v) is 23.7. The highest BCUT2D eigenvalue weighted by Crippen LogP contribution is 2.40. The summed E-state index contributed by atoms with van der Waals surface area (Å²) in [4.78, 5) is 42.2. The zero-order valence-electron chi connectivity index (χ0n) is 22.9. The Morgan fingerprint density at radius 1 is 1.10 bits per heavy atom. The minimum Gasteiger partial charge on any atom is -0.507 e. The number of hydrogen-bond donors (Lipinski definition) is 3. The van der Waals surface area contributed by atoms with Crippen LogP contribution in [0.25, 0.3) is 11.3 Å². The van der Waals surface area contributed by atoms with Gasteiger partial charge in [-0.25, -0.2) is 15.0 Å². The maximum Gasteiger partial charge on any atom is 0.419 e. The van der Waals surface area contributed by atoms with Crippen LogP contribution in [0.15, 0.2) is 30.6 Å². The summed E-state index contributed by atoms with van der Waals surface area (Å²) < 4.78 is 40.6. The molecule has 224 valence electrons. The minimum absolute atomic E-state index is 0.0334. The van der Waals surface area contributed by atoms with Gasteiger partial charge in [-0.2, -0.15) is 13.2 Å². The van der Waals surface area contributed by atoms with Gasteiger partial charge in [0.15, 0.2) is 5.13 Å². The number of carbonyl (C=O) groups excluding carboxylic acids is 1. The van der Waals surface area contributed by atoms with Crippen LogP contribution in [0.5, 0.6) is 5.75 Å². The van der Waals surface area contributed by atoms with Gasteiger partial charge >= 0.3 is 12.1 Å². The molecule has 14 heteroatoms. The Balaban J connectivity index is 1.36. The Labute approximate surface area is 244 Å². The van der Waals surface area contributed by atoms with Crippen molar-refractivity contribution in [2.45, 2.75) is 57.8 Å². The van der Waals surface area contributed by atoms with Crippen LogP contribution >= 0.6 is 11.3 Å². The van der Waals surface area contributed by atoms with E-state index in [2.05, 4.69) is 32.1 Å². The summed E-state index contributed by atoms with van der Waals surface area (Å²) in [5, 5.41) is 21.9. The lowest BCUT2D eigenvalue weighted by molar-refractivity contribution is -0.142. The van der Waals surface area contributed by atoms with E-state index in [0.29, 0.717) is 54.9 Å². The van der Waals surface area contributed by atoms with Crippen molar-refractivity contribution in [1.29, 1.82) is 0 Å². The molecule has 0 spiro atoms. The number of thiazole rings is 1. The van der Waals surface area contributed by atoms with E-state index < -0.39 is 29.4 Å². The van der Waals surface area contributed by atoms with Crippen LogP contribution in [0, 0.1) is 5.92 Å². The van der Waals surface area contributed by atoms with Crippen molar-refractivity contribution in [3.05, 3.63) is 46.7 Å². The fraction of sp³-hybridized carbons (Fsp3) is 0.464. The van der Waals surface area contributed by atoms with E-state index in [-0.39, 0.29) is 22.3 Å². The van der Waals surface area contributed by atoms with E-state index in [1.54, 1.807) is 0 Å². The predicted molar refractivity (Wildman–Crippen MR) is 150 cm³/mol. The summed E-state index contributed by atoms with van der Waals surface area (Å²) in [6, 6.07) is 3.56. The Morgan fingerprint density at radius 3 is 2.50 bits per heavy atom. The van der Waals surface area contributed by atoms with Crippen LogP contribution in [0.2, 0.25) is 0 Å². The molecule has 1 unspecified atom stereocenters. The van der Waals surface area contributed by atoms with Crippen LogP contribution < -0.4 is 10.2 Å². The number of aliphatic carboxylic acids is 1. The molecule has 10 nitrogen and oxygen atoms in total. The number of phenols is 1. The van der Waals surface area contributed by atoms with Crippen molar-refractivity contribution < 1.29 is 33.0 Å². The maximum absolute atomic E-state index is 13.5. The number of hydrogen-bond acceptors (Lipinski definition) is 9. The number of alkyl halides is 3. The van der Waals surface area contributed by atoms with Crippen molar-refractivity contribution in [1.82, 2.24) is 19.9 Å². The molecule has 0 radical (unpaired) electrons. The Hall–Kier alpha value is -3.78. The number of likely N-dealkylation sites (tertiary alicyclic amines) is 1. The molecular weight excluding hydrogens is 573 g/mol. The third-order valence-electron chi connectivity index (χ3n) is 7.82. The second kappa shape index (κ2) is 12.2. The lowest BCUT2D eigenvalue weighted by Crippen LogP contribution is -2.36. The summed E-state index contributed by atoms with van der Waals surface area (Å²) in [5.41, 5.74) is -0.623. The van der Waals surface area contributed by atoms with E-state index in [1.807, 2.05) is 4.90 Å². The number of nitrogens with one attached hydrogen (secondary N) is 1. The number of carbonyl (C=O) groups is 2. The molecule has 5 rings (SSSR count). The summed E-state index contributed by atoms with van der Waals surface area (Å²) >= 11 is 1.19. The van der Waals surface area contributed by atoms with Gasteiger partial charge in [0, 0.05) is 36.1 Å². The average Bonchev–Trinajstić information content (AvgIpc) is 3.35. The van der Waals surface area contributed by atoms with Gasteiger partial charge in [-0.15, -0.1) is 0 Å². The molecule has 1 amide bonds. The molecule has 4 heterocycles. The van der Waals surface area contributed by atoms with Crippen molar-refractivity contribution >= 4 is 34.2 Å². The molecule has 3 aromatic rings. The molecule has 0 aliphatic carbocycles. The van der Waals surface area contributed by atoms with Gasteiger partial charge < -0.3 is 15.1 Å². The van der Waals surface area contributed by atoms with Crippen molar-refractivity contribution in [3.8, 4) is 17.0 Å². The van der Waals surface area contributed by atoms with Crippen LogP contribution in [0.1, 0.15) is 60.0 Å². The average molecular weight is 605 g/mol. The molecular formula is C28H31F3N6O4S. The summed E-state index contributed by atoms with van der Waals surface area (Å²) in [6.45, 7) is 4.45. The van der Waals surface area contributed by atoms with Crippen molar-refractivity contribution in [2.75, 3.05) is 29.9 Å². The van der Waals surface area contributed by atoms with Crippen molar-refractivity contribution in [2.24, 2.45) is 5.92 Å². The zero-order chi connectivity index (χ0) is 30.0. The number of piperidine rings is 2. The molecule has 2 aliphatic heterocycles. The molecule has 3 N–H and O–H groups in total. The number of aromatic hydroxyl groups is 1. The third-order valence-corrected chi connectivity index (χ3v) is 8.78. The Kier molecular flexibility index (Phi) is 8.64. The first-order valence-electron chi connectivity index (χ1n) is 13.7. The molecule has 2 saturated heterocycles. The smallest absolute Gasteiger partial charge is 0.419 e. The summed E-state index contributed by atoms with van der Waals surface area (Å²) in [7, 11) is 0. The number of amides is 1. The van der Waals surface area contributed by atoms with Gasteiger partial charge in [0.2, 0.25) is 0 Å². The van der Waals surface area contributed by atoms with Gasteiger partial charge in [0.1, 0.15) is 17.3 Å². The largest absolute Gasteiger partial charge is 0.507 e. The van der Waals surface area contributed by atoms with Crippen LogP contribution in [0.4, 0.5) is 24.1 Å². The first-order chi connectivity index (χ1) is 20.0. The highest BCUT2D eigenvalue weighted by atomic mass is 32.1. The number of carboxylic acids is 1. The Morgan fingerprint density at radius 2 is 1.86 bits per heavy atom. The molecule has 0 bridgehead atoms. The van der Waals surface area contributed by atoms with Crippen molar-refractivity contribution in [3.63, 3.8) is 0 Å². The summed E-state index contributed by atoms with van der Waals surface area (Å²) in [5.74, 6) is -2.09. The quantitative estimate of drug-likeness (QED) is 0.331. The first-order valence-corrected chi connectivity index (χ1v) is 14.6. The van der Waals surface area contributed by atoms with Crippen LogP contribution in [-0.4, -0.2) is 67.6 Å². The lowest BCUT2D eigenvalue weighted by atomic mass is 9.97. The van der Waals surface area contributed by atoms with Gasteiger partial charge in [-0.05, 0) is 57.4 Å². The molecule has 1 atom stereocenters. The highest BCUT2D eigenvalue weighted by molar-refractivity contribution is 7.16. The molecule has 2 fully saturated rings. The fourth-order valence-electron chi connectivity index (χ4n) is 5.34. The molecule has 2 aromatic heterocycles. The summed E-state index contributed by atoms with van der Waals surface area (Å²) in [6.07, 6.45) is 2.18. The highest BCUT2D eigenvalue weighted by Gasteiger charge is 2.35. The van der Waals surface area contributed by atoms with E-state index in [0.717, 1.165) is 37.9 Å². The predicted octanol–water partition coefficient (Wildman–Crippen LogP) is 5.25. The maximum atomic E-state index is 13.5. The molecule has 1 aromatic carbocycles. The number of benzene rings is 1. The van der Waals surface area contributed by atoms with Crippen LogP contribution in [0.3, 0.4) is 0 Å². The van der Waals surface area contributed by atoms with Gasteiger partial charge in [0.05, 0.1) is 29.6 Å². The number of nitrogens with zero attached hydrogens (tertiary/aromatic N) is 5. The van der Waals surface area contributed by atoms with Crippen LogP contribution in [-0.2, 0) is 17.5 Å². The van der Waals surface area contributed by atoms with Gasteiger partial charge in [0.25, 0.3) is 5.91 Å². The normalized spacial score (nSPS) is 18.7. The molecule has 42 heavy (non-hydrogen) atoms. The third kappa shape index (κ3) is 6.65. The second-order valence-electron chi connectivity index (χ2n) is 10.6. The SMILES string of the molecule is CC1CCCCN1Cc1sc(NC(=O)c2cnc(N3CCC(C(=O)O)CC3)cn2)nc1-c1ccc(O)c(C(F)(F)F)c1. The van der Waals surface area contributed by atoms with Gasteiger partial charge in [-0.1, -0.05) is 17.8 Å². The first kappa shape index (κ1) is 29.7. The number of anilines is 2. The monoisotopic (exact) mass is 604 g/mol. The minimum atomic E-state index is -4.74. The lowest BCUT2D eigenvalue weighted by Gasteiger charge is -2.33. The fourth-order valence-corrected chi connectivity index (χ4v) is 6.35. The van der Waals surface area contributed by atoms with Gasteiger partial charge in [-0.3, -0.25) is 19.8 Å². The topological polar surface area (TPSA) is 132 Å². The van der Waals surface area contributed by atoms with E-state index >= 15 is 0 Å². The number of phenolic OH excluding ortho intramolecular Hbond substituents is 1. The number of halogens is 3. The van der Waals surface area contributed by atoms with E-state index in [1.165, 1.54) is 29.8 Å². The molecule has 0 saturated carbocycles. The standard InChI is InChI=1S/C28H31F3N6O4S/c1-16-4-2-3-9-37(16)15-22-24(18-5-6-21(38)19(12-18)28(29,30)31)34-27(42-22)35-25(39)20-13-33-23(14-32-20)36-10-7-17(8-11-36)26(40)41/h5-6,12-14,16-17,38H,2-4,7-11,15H2,1H3,(H,40,41)(H,34,35,39). The Bertz CT molecular complexity index is 1440. The molecule has 2 aliphatic rings. The van der Waals surface area contributed by atoms with E-state index in [4.69, 9.17) is 0 Å². The number of aromatic nitrogens is 3.